The molecule has 0 aliphatic rings. The highest BCUT2D eigenvalue weighted by atomic mass is 14.8. The van der Waals surface area contributed by atoms with Gasteiger partial charge in [0.05, 0.1) is 0 Å². The summed E-state index contributed by atoms with van der Waals surface area (Å²) in [7, 11) is 1.95. The lowest BCUT2D eigenvalue weighted by molar-refractivity contribution is 0.776. The second kappa shape index (κ2) is 10.2. The Hall–Kier alpha value is -1.78. The van der Waals surface area contributed by atoms with Crippen molar-refractivity contribution in [2.45, 2.75) is 12.8 Å². The van der Waals surface area contributed by atoms with Gasteiger partial charge in [-0.15, -0.1) is 0 Å². The molecule has 0 atom stereocenters. The molecule has 4 heteroatoms. The molecule has 0 saturated carbocycles. The summed E-state index contributed by atoms with van der Waals surface area (Å²) >= 11 is 0. The predicted octanol–water partition coefficient (Wildman–Crippen LogP) is 1.43. The normalized spacial score (nSPS) is 9.58. The molecule has 0 bridgehead atoms. The standard InChI is InChI=1S/C8H12N2.C7H10N2/c1-9-7-5-8-4-2-3-6-10-8;8-5-4-7-3-1-2-6-9-7/h2-4,6,9H,5,7H2,1H3;1-3,6H,4-5,8H2. The van der Waals surface area contributed by atoms with Crippen molar-refractivity contribution < 1.29 is 0 Å². The average Bonchev–Trinajstić information content (AvgIpc) is 2.48. The first-order valence-corrected chi connectivity index (χ1v) is 6.51. The highest BCUT2D eigenvalue weighted by Crippen LogP contribution is 1.92. The summed E-state index contributed by atoms with van der Waals surface area (Å²) in [6.07, 6.45) is 5.49. The number of rotatable bonds is 5. The number of aromatic nitrogens is 2. The van der Waals surface area contributed by atoms with Crippen LogP contribution in [0.1, 0.15) is 11.4 Å². The Morgan fingerprint density at radius 3 is 1.95 bits per heavy atom. The molecule has 102 valence electrons. The Kier molecular flexibility index (Phi) is 8.18. The Labute approximate surface area is 115 Å². The molecule has 3 N–H and O–H groups in total. The fraction of sp³-hybridized carbons (Fsp3) is 0.333. The maximum Gasteiger partial charge on any atom is 0.0416 e. The fourth-order valence-electron chi connectivity index (χ4n) is 1.49. The molecule has 2 rings (SSSR count). The summed E-state index contributed by atoms with van der Waals surface area (Å²) in [5, 5.41) is 3.08. The smallest absolute Gasteiger partial charge is 0.0416 e. The molecule has 4 nitrogen and oxygen atoms in total. The van der Waals surface area contributed by atoms with Crippen LogP contribution in [0.25, 0.3) is 0 Å². The van der Waals surface area contributed by atoms with E-state index in [1.54, 1.807) is 6.20 Å². The van der Waals surface area contributed by atoms with Crippen LogP contribution in [0.4, 0.5) is 0 Å². The SMILES string of the molecule is CNCCc1ccccn1.NCCc1ccccn1. The van der Waals surface area contributed by atoms with E-state index in [2.05, 4.69) is 15.3 Å². The highest BCUT2D eigenvalue weighted by molar-refractivity contribution is 5.04. The van der Waals surface area contributed by atoms with Crippen LogP contribution in [0.2, 0.25) is 0 Å². The molecule has 2 aromatic rings. The van der Waals surface area contributed by atoms with Gasteiger partial charge in [-0.05, 0) is 37.9 Å². The van der Waals surface area contributed by atoms with Gasteiger partial charge in [0.15, 0.2) is 0 Å². The maximum atomic E-state index is 5.32. The first-order chi connectivity index (χ1) is 9.36. The summed E-state index contributed by atoms with van der Waals surface area (Å²) in [5.41, 5.74) is 7.54. The molecule has 2 heterocycles. The van der Waals surface area contributed by atoms with E-state index >= 15 is 0 Å². The van der Waals surface area contributed by atoms with E-state index in [-0.39, 0.29) is 0 Å². The number of nitrogens with zero attached hydrogens (tertiary/aromatic N) is 2. The Bertz CT molecular complexity index is 417. The molecule has 0 saturated heterocycles. The largest absolute Gasteiger partial charge is 0.330 e. The van der Waals surface area contributed by atoms with Crippen molar-refractivity contribution in [2.75, 3.05) is 20.1 Å². The van der Waals surface area contributed by atoms with Crippen LogP contribution in [0.3, 0.4) is 0 Å². The number of hydrogen-bond donors (Lipinski definition) is 2. The predicted molar refractivity (Wildman–Crippen MR) is 78.9 cm³/mol. The second-order valence-electron chi connectivity index (χ2n) is 4.03. The Balaban J connectivity index is 0.000000191. The highest BCUT2D eigenvalue weighted by Gasteiger charge is 1.88. The number of pyridine rings is 2. The van der Waals surface area contributed by atoms with Gasteiger partial charge in [0.25, 0.3) is 0 Å². The zero-order chi connectivity index (χ0) is 13.8. The van der Waals surface area contributed by atoms with Gasteiger partial charge in [-0.25, -0.2) is 0 Å². The fourth-order valence-corrected chi connectivity index (χ4v) is 1.49. The third-order valence-corrected chi connectivity index (χ3v) is 2.48. The van der Waals surface area contributed by atoms with Gasteiger partial charge in [0.1, 0.15) is 0 Å². The van der Waals surface area contributed by atoms with Crippen LogP contribution in [0.15, 0.2) is 48.8 Å². The minimum Gasteiger partial charge on any atom is -0.330 e. The van der Waals surface area contributed by atoms with E-state index in [0.717, 1.165) is 30.8 Å². The molecule has 0 amide bonds. The van der Waals surface area contributed by atoms with Crippen LogP contribution >= 0.6 is 0 Å². The summed E-state index contributed by atoms with van der Waals surface area (Å²) in [5.74, 6) is 0. The van der Waals surface area contributed by atoms with Gasteiger partial charge in [-0.3, -0.25) is 9.97 Å². The first kappa shape index (κ1) is 15.3. The molecule has 0 fully saturated rings. The molecule has 0 radical (unpaired) electrons. The van der Waals surface area contributed by atoms with E-state index in [9.17, 15) is 0 Å². The monoisotopic (exact) mass is 258 g/mol. The summed E-state index contributed by atoms with van der Waals surface area (Å²) < 4.78 is 0. The van der Waals surface area contributed by atoms with Crippen molar-refractivity contribution in [1.82, 2.24) is 15.3 Å². The van der Waals surface area contributed by atoms with Gasteiger partial charge in [0.2, 0.25) is 0 Å². The number of nitrogens with one attached hydrogen (secondary N) is 1. The van der Waals surface area contributed by atoms with Crippen molar-refractivity contribution in [3.05, 3.63) is 60.2 Å². The van der Waals surface area contributed by atoms with E-state index in [4.69, 9.17) is 5.73 Å². The molecule has 0 aliphatic carbocycles. The summed E-state index contributed by atoms with van der Waals surface area (Å²) in [4.78, 5) is 8.26. The minimum atomic E-state index is 0.678. The number of nitrogens with two attached hydrogens (primary N) is 1. The van der Waals surface area contributed by atoms with Gasteiger partial charge in [-0.1, -0.05) is 12.1 Å². The maximum absolute atomic E-state index is 5.32. The van der Waals surface area contributed by atoms with Gasteiger partial charge >= 0.3 is 0 Å². The van der Waals surface area contributed by atoms with Crippen molar-refractivity contribution >= 4 is 0 Å². The first-order valence-electron chi connectivity index (χ1n) is 6.51. The van der Waals surface area contributed by atoms with Crippen LogP contribution in [0, 0.1) is 0 Å². The zero-order valence-electron chi connectivity index (χ0n) is 11.4. The molecule has 0 aliphatic heterocycles. The lowest BCUT2D eigenvalue weighted by Crippen LogP contribution is -2.10. The molecular formula is C15H22N4. The van der Waals surface area contributed by atoms with Gasteiger partial charge in [-0.2, -0.15) is 0 Å². The van der Waals surface area contributed by atoms with E-state index in [0.29, 0.717) is 6.54 Å². The molecule has 0 spiro atoms. The van der Waals surface area contributed by atoms with Gasteiger partial charge < -0.3 is 11.1 Å². The van der Waals surface area contributed by atoms with E-state index in [1.807, 2.05) is 49.6 Å². The van der Waals surface area contributed by atoms with Crippen molar-refractivity contribution in [3.63, 3.8) is 0 Å². The second-order valence-corrected chi connectivity index (χ2v) is 4.03. The van der Waals surface area contributed by atoms with Gasteiger partial charge in [0, 0.05) is 43.2 Å². The third kappa shape index (κ3) is 7.28. The quantitative estimate of drug-likeness (QED) is 0.851. The van der Waals surface area contributed by atoms with E-state index < -0.39 is 0 Å². The topological polar surface area (TPSA) is 63.8 Å². The third-order valence-electron chi connectivity index (χ3n) is 2.48. The molecular weight excluding hydrogens is 236 g/mol. The zero-order valence-corrected chi connectivity index (χ0v) is 11.4. The summed E-state index contributed by atoms with van der Waals surface area (Å²) in [6, 6.07) is 11.8. The molecule has 19 heavy (non-hydrogen) atoms. The average molecular weight is 258 g/mol. The van der Waals surface area contributed by atoms with Crippen molar-refractivity contribution in [2.24, 2.45) is 5.73 Å². The summed E-state index contributed by atoms with van der Waals surface area (Å²) in [6.45, 7) is 1.67. The lowest BCUT2D eigenvalue weighted by Gasteiger charge is -1.96. The number of hydrogen-bond acceptors (Lipinski definition) is 4. The molecule has 2 aromatic heterocycles. The minimum absolute atomic E-state index is 0.678. The Morgan fingerprint density at radius 2 is 1.53 bits per heavy atom. The lowest BCUT2D eigenvalue weighted by atomic mass is 10.3. The van der Waals surface area contributed by atoms with Crippen molar-refractivity contribution in [3.8, 4) is 0 Å². The molecule has 0 aromatic carbocycles. The van der Waals surface area contributed by atoms with Crippen molar-refractivity contribution in [1.29, 1.82) is 0 Å². The van der Waals surface area contributed by atoms with E-state index in [1.165, 1.54) is 0 Å². The number of likely N-dealkylation sites (N-methyl/N-ethyl adjacent to an activating group) is 1. The molecule has 0 unspecified atom stereocenters. The van der Waals surface area contributed by atoms with Crippen LogP contribution in [-0.2, 0) is 12.8 Å². The van der Waals surface area contributed by atoms with Crippen LogP contribution in [0.5, 0.6) is 0 Å². The van der Waals surface area contributed by atoms with Crippen LogP contribution < -0.4 is 11.1 Å². The Morgan fingerprint density at radius 1 is 0.947 bits per heavy atom. The van der Waals surface area contributed by atoms with Crippen LogP contribution in [-0.4, -0.2) is 30.1 Å².